The second-order valence-electron chi connectivity index (χ2n) is 3.46. The molecule has 2 N–H and O–H groups in total. The van der Waals surface area contributed by atoms with Gasteiger partial charge in [-0.2, -0.15) is 0 Å². The highest BCUT2D eigenvalue weighted by molar-refractivity contribution is 5.78. The van der Waals surface area contributed by atoms with Crippen LogP contribution in [0.15, 0.2) is 0 Å². The lowest BCUT2D eigenvalue weighted by Gasteiger charge is -2.27. The van der Waals surface area contributed by atoms with Crippen LogP contribution < -0.4 is 10.6 Å². The van der Waals surface area contributed by atoms with Crippen LogP contribution in [0, 0.1) is 5.92 Å². The maximum atomic E-state index is 11.3. The molecule has 12 heavy (non-hydrogen) atoms. The quantitative estimate of drug-likeness (QED) is 0.634. The Labute approximate surface area is 73.9 Å². The van der Waals surface area contributed by atoms with Gasteiger partial charge in [-0.15, -0.1) is 0 Å². The predicted octanol–water partition coefficient (Wildman–Crippen LogP) is 0.511. The minimum atomic E-state index is 0.107. The smallest absolute Gasteiger partial charge is 0.224 e. The van der Waals surface area contributed by atoms with E-state index >= 15 is 0 Å². The molecular weight excluding hydrogens is 152 g/mol. The fourth-order valence-corrected chi connectivity index (χ4v) is 1.72. The van der Waals surface area contributed by atoms with Crippen molar-refractivity contribution in [1.29, 1.82) is 0 Å². The van der Waals surface area contributed by atoms with Crippen molar-refractivity contribution in [2.45, 2.75) is 32.2 Å². The standard InChI is InChI=1S/C9H18N2O/c1-7(9(12)10-2)8-5-3-4-6-11-8/h7-8,11H,3-6H2,1-2H3,(H,10,12)/t7-,8+/m1/s1. The summed E-state index contributed by atoms with van der Waals surface area (Å²) in [6.45, 7) is 3.05. The lowest BCUT2D eigenvalue weighted by atomic mass is 9.93. The zero-order valence-corrected chi connectivity index (χ0v) is 7.89. The molecule has 1 saturated heterocycles. The summed E-state index contributed by atoms with van der Waals surface area (Å²) < 4.78 is 0. The van der Waals surface area contributed by atoms with E-state index in [9.17, 15) is 4.79 Å². The molecule has 0 bridgehead atoms. The first-order valence-corrected chi connectivity index (χ1v) is 4.70. The monoisotopic (exact) mass is 170 g/mol. The Morgan fingerprint density at radius 1 is 1.58 bits per heavy atom. The van der Waals surface area contributed by atoms with Crippen molar-refractivity contribution < 1.29 is 4.79 Å². The van der Waals surface area contributed by atoms with E-state index in [0.717, 1.165) is 13.0 Å². The van der Waals surface area contributed by atoms with Gasteiger partial charge in [0, 0.05) is 13.1 Å². The van der Waals surface area contributed by atoms with Crippen LogP contribution in [0.1, 0.15) is 26.2 Å². The van der Waals surface area contributed by atoms with Crippen molar-refractivity contribution in [2.24, 2.45) is 5.92 Å². The third kappa shape index (κ3) is 2.21. The third-order valence-electron chi connectivity index (χ3n) is 2.61. The van der Waals surface area contributed by atoms with Gasteiger partial charge in [-0.1, -0.05) is 13.3 Å². The zero-order valence-electron chi connectivity index (χ0n) is 7.89. The van der Waals surface area contributed by atoms with E-state index in [2.05, 4.69) is 10.6 Å². The number of piperidine rings is 1. The molecule has 1 aliphatic rings. The minimum absolute atomic E-state index is 0.107. The van der Waals surface area contributed by atoms with Gasteiger partial charge in [-0.05, 0) is 19.4 Å². The van der Waals surface area contributed by atoms with Gasteiger partial charge < -0.3 is 10.6 Å². The fourth-order valence-electron chi connectivity index (χ4n) is 1.72. The first-order chi connectivity index (χ1) is 5.75. The second kappa shape index (κ2) is 4.45. The van der Waals surface area contributed by atoms with E-state index in [1.807, 2.05) is 6.92 Å². The van der Waals surface area contributed by atoms with Crippen LogP contribution in [0.25, 0.3) is 0 Å². The van der Waals surface area contributed by atoms with Gasteiger partial charge in [-0.25, -0.2) is 0 Å². The van der Waals surface area contributed by atoms with E-state index in [1.54, 1.807) is 7.05 Å². The molecule has 1 heterocycles. The molecule has 1 fully saturated rings. The number of amides is 1. The molecule has 1 amide bonds. The molecule has 2 atom stereocenters. The molecule has 0 aliphatic carbocycles. The van der Waals surface area contributed by atoms with E-state index in [1.165, 1.54) is 12.8 Å². The lowest BCUT2D eigenvalue weighted by molar-refractivity contribution is -0.125. The van der Waals surface area contributed by atoms with Crippen LogP contribution in [0.4, 0.5) is 0 Å². The summed E-state index contributed by atoms with van der Waals surface area (Å²) in [5, 5.41) is 6.06. The molecule has 1 aliphatic heterocycles. The van der Waals surface area contributed by atoms with Crippen LogP contribution in [0.3, 0.4) is 0 Å². The van der Waals surface area contributed by atoms with E-state index in [-0.39, 0.29) is 11.8 Å². The topological polar surface area (TPSA) is 41.1 Å². The summed E-state index contributed by atoms with van der Waals surface area (Å²) in [7, 11) is 1.70. The molecule has 3 heteroatoms. The average Bonchev–Trinajstić information content (AvgIpc) is 2.17. The fraction of sp³-hybridized carbons (Fsp3) is 0.889. The summed E-state index contributed by atoms with van der Waals surface area (Å²) in [5.41, 5.74) is 0. The van der Waals surface area contributed by atoms with Crippen LogP contribution in [-0.4, -0.2) is 25.5 Å². The van der Waals surface area contributed by atoms with E-state index in [4.69, 9.17) is 0 Å². The predicted molar refractivity (Wildman–Crippen MR) is 48.9 cm³/mol. The van der Waals surface area contributed by atoms with Crippen molar-refractivity contribution in [3.8, 4) is 0 Å². The highest BCUT2D eigenvalue weighted by Crippen LogP contribution is 2.14. The molecule has 3 nitrogen and oxygen atoms in total. The molecule has 0 unspecified atom stereocenters. The number of carbonyl (C=O) groups is 1. The Hall–Kier alpha value is -0.570. The van der Waals surface area contributed by atoms with Gasteiger partial charge in [0.2, 0.25) is 5.91 Å². The Morgan fingerprint density at radius 3 is 2.83 bits per heavy atom. The van der Waals surface area contributed by atoms with Gasteiger partial charge >= 0.3 is 0 Å². The third-order valence-corrected chi connectivity index (χ3v) is 2.61. The van der Waals surface area contributed by atoms with Crippen molar-refractivity contribution in [2.75, 3.05) is 13.6 Å². The SMILES string of the molecule is CNC(=O)[C@H](C)[C@@H]1CCCCN1. The Bertz CT molecular complexity index is 153. The number of rotatable bonds is 2. The molecular formula is C9H18N2O. The molecule has 0 radical (unpaired) electrons. The van der Waals surface area contributed by atoms with Crippen molar-refractivity contribution in [1.82, 2.24) is 10.6 Å². The highest BCUT2D eigenvalue weighted by atomic mass is 16.1. The number of nitrogens with one attached hydrogen (secondary N) is 2. The first-order valence-electron chi connectivity index (χ1n) is 4.70. The second-order valence-corrected chi connectivity index (χ2v) is 3.46. The number of carbonyl (C=O) groups excluding carboxylic acids is 1. The minimum Gasteiger partial charge on any atom is -0.359 e. The van der Waals surface area contributed by atoms with E-state index in [0.29, 0.717) is 6.04 Å². The van der Waals surface area contributed by atoms with Gasteiger partial charge in [0.15, 0.2) is 0 Å². The normalized spacial score (nSPS) is 26.3. The maximum Gasteiger partial charge on any atom is 0.224 e. The van der Waals surface area contributed by atoms with E-state index < -0.39 is 0 Å². The summed E-state index contributed by atoms with van der Waals surface area (Å²) in [4.78, 5) is 11.3. The Morgan fingerprint density at radius 2 is 2.33 bits per heavy atom. The largest absolute Gasteiger partial charge is 0.359 e. The summed E-state index contributed by atoms with van der Waals surface area (Å²) in [6, 6.07) is 0.388. The first kappa shape index (κ1) is 9.52. The molecule has 0 aromatic rings. The van der Waals surface area contributed by atoms with Gasteiger partial charge in [0.1, 0.15) is 0 Å². The molecule has 0 aromatic carbocycles. The van der Waals surface area contributed by atoms with Crippen molar-refractivity contribution in [3.05, 3.63) is 0 Å². The summed E-state index contributed by atoms with van der Waals surface area (Å²) in [6.07, 6.45) is 3.63. The Balaban J connectivity index is 2.39. The van der Waals surface area contributed by atoms with Crippen LogP contribution in [-0.2, 0) is 4.79 Å². The lowest BCUT2D eigenvalue weighted by Crippen LogP contribution is -2.44. The average molecular weight is 170 g/mol. The zero-order chi connectivity index (χ0) is 8.97. The van der Waals surface area contributed by atoms with Gasteiger partial charge in [0.25, 0.3) is 0 Å². The van der Waals surface area contributed by atoms with Crippen LogP contribution >= 0.6 is 0 Å². The molecule has 0 spiro atoms. The van der Waals surface area contributed by atoms with Gasteiger partial charge in [-0.3, -0.25) is 4.79 Å². The number of hydrogen-bond acceptors (Lipinski definition) is 2. The molecule has 0 saturated carbocycles. The van der Waals surface area contributed by atoms with Gasteiger partial charge in [0.05, 0.1) is 5.92 Å². The van der Waals surface area contributed by atoms with Crippen LogP contribution in [0.5, 0.6) is 0 Å². The summed E-state index contributed by atoms with van der Waals surface area (Å²) >= 11 is 0. The molecule has 70 valence electrons. The van der Waals surface area contributed by atoms with Crippen molar-refractivity contribution >= 4 is 5.91 Å². The van der Waals surface area contributed by atoms with Crippen LogP contribution in [0.2, 0.25) is 0 Å². The summed E-state index contributed by atoms with van der Waals surface area (Å²) in [5.74, 6) is 0.254. The Kier molecular flexibility index (Phi) is 3.53. The van der Waals surface area contributed by atoms with Crippen molar-refractivity contribution in [3.63, 3.8) is 0 Å². The molecule has 1 rings (SSSR count). The highest BCUT2D eigenvalue weighted by Gasteiger charge is 2.23. The maximum absolute atomic E-state index is 11.3. The number of hydrogen-bond donors (Lipinski definition) is 2. The molecule has 0 aromatic heterocycles.